The fourth-order valence-electron chi connectivity index (χ4n) is 0.955. The van der Waals surface area contributed by atoms with Gasteiger partial charge < -0.3 is 10.5 Å². The summed E-state index contributed by atoms with van der Waals surface area (Å²) in [6.45, 7) is 3.13. The number of aryl methyl sites for hydroxylation is 1. The number of pyridine rings is 1. The largest absolute Gasteiger partial charge is 0.493 e. The summed E-state index contributed by atoms with van der Waals surface area (Å²) < 4.78 is 5.40. The number of hydrogen-bond acceptors (Lipinski definition) is 3. The minimum Gasteiger partial charge on any atom is -0.493 e. The second kappa shape index (κ2) is 5.04. The Bertz CT molecular complexity index is 258. The molecule has 0 saturated heterocycles. The van der Waals surface area contributed by atoms with Gasteiger partial charge in [-0.05, 0) is 19.9 Å². The highest BCUT2D eigenvalue weighted by atomic mass is 35.5. The van der Waals surface area contributed by atoms with Gasteiger partial charge in [0.1, 0.15) is 10.9 Å². The Morgan fingerprint density at radius 3 is 2.92 bits per heavy atom. The van der Waals surface area contributed by atoms with Gasteiger partial charge in [-0.25, -0.2) is 4.98 Å². The third-order valence-electron chi connectivity index (χ3n) is 1.51. The van der Waals surface area contributed by atoms with E-state index in [1.807, 2.05) is 13.0 Å². The van der Waals surface area contributed by atoms with Gasteiger partial charge in [-0.3, -0.25) is 0 Å². The van der Waals surface area contributed by atoms with Gasteiger partial charge in [-0.15, -0.1) is 0 Å². The third-order valence-corrected chi connectivity index (χ3v) is 1.71. The maximum absolute atomic E-state index is 5.75. The minimum atomic E-state index is 0.461. The molecule has 2 N–H and O–H groups in total. The molecule has 0 unspecified atom stereocenters. The van der Waals surface area contributed by atoms with Crippen molar-refractivity contribution in [1.82, 2.24) is 4.98 Å². The standard InChI is InChI=1S/C9H13ClN2O/c1-7-5-8(6-9(10)12-7)13-4-2-3-11/h5-6H,2-4,11H2,1H3. The van der Waals surface area contributed by atoms with Crippen molar-refractivity contribution in [3.8, 4) is 5.75 Å². The number of nitrogens with two attached hydrogens (primary N) is 1. The molecule has 13 heavy (non-hydrogen) atoms. The highest BCUT2D eigenvalue weighted by Crippen LogP contribution is 2.17. The van der Waals surface area contributed by atoms with Crippen molar-refractivity contribution >= 4 is 11.6 Å². The molecule has 0 amide bonds. The molecule has 3 nitrogen and oxygen atoms in total. The predicted octanol–water partition coefficient (Wildman–Crippen LogP) is 1.77. The van der Waals surface area contributed by atoms with E-state index < -0.39 is 0 Å². The summed E-state index contributed by atoms with van der Waals surface area (Å²) in [5.74, 6) is 0.756. The van der Waals surface area contributed by atoms with Crippen LogP contribution in [0.5, 0.6) is 5.75 Å². The van der Waals surface area contributed by atoms with E-state index in [2.05, 4.69) is 4.98 Å². The summed E-state index contributed by atoms with van der Waals surface area (Å²) in [5, 5.41) is 0.461. The molecule has 0 fully saturated rings. The molecule has 1 aromatic rings. The van der Waals surface area contributed by atoms with Crippen LogP contribution in [0.3, 0.4) is 0 Å². The van der Waals surface area contributed by atoms with Crippen molar-refractivity contribution < 1.29 is 4.74 Å². The lowest BCUT2D eigenvalue weighted by molar-refractivity contribution is 0.313. The van der Waals surface area contributed by atoms with E-state index in [1.54, 1.807) is 6.07 Å². The maximum Gasteiger partial charge on any atom is 0.133 e. The van der Waals surface area contributed by atoms with E-state index in [1.165, 1.54) is 0 Å². The number of aromatic nitrogens is 1. The SMILES string of the molecule is Cc1cc(OCCCN)cc(Cl)n1. The number of nitrogens with zero attached hydrogens (tertiary/aromatic N) is 1. The summed E-state index contributed by atoms with van der Waals surface area (Å²) in [7, 11) is 0. The molecule has 0 aliphatic carbocycles. The molecule has 0 aliphatic heterocycles. The molecule has 0 bridgehead atoms. The second-order valence-electron chi connectivity index (χ2n) is 2.76. The molecule has 1 heterocycles. The first kappa shape index (κ1) is 10.3. The number of halogens is 1. The van der Waals surface area contributed by atoms with Crippen LogP contribution in [0.4, 0.5) is 0 Å². The molecule has 0 aliphatic rings. The van der Waals surface area contributed by atoms with Crippen LogP contribution in [0, 0.1) is 6.92 Å². The van der Waals surface area contributed by atoms with Crippen LogP contribution < -0.4 is 10.5 Å². The van der Waals surface area contributed by atoms with E-state index in [4.69, 9.17) is 22.1 Å². The quantitative estimate of drug-likeness (QED) is 0.595. The lowest BCUT2D eigenvalue weighted by atomic mass is 10.3. The number of hydrogen-bond donors (Lipinski definition) is 1. The van der Waals surface area contributed by atoms with Crippen LogP contribution in [0.25, 0.3) is 0 Å². The Balaban J connectivity index is 2.56. The molecule has 1 rings (SSSR count). The van der Waals surface area contributed by atoms with E-state index in [9.17, 15) is 0 Å². The number of ether oxygens (including phenoxy) is 1. The topological polar surface area (TPSA) is 48.1 Å². The van der Waals surface area contributed by atoms with Crippen molar-refractivity contribution in [2.24, 2.45) is 5.73 Å². The summed E-state index contributed by atoms with van der Waals surface area (Å²) in [4.78, 5) is 4.02. The fraction of sp³-hybridized carbons (Fsp3) is 0.444. The van der Waals surface area contributed by atoms with E-state index >= 15 is 0 Å². The summed E-state index contributed by atoms with van der Waals surface area (Å²) >= 11 is 5.75. The smallest absolute Gasteiger partial charge is 0.133 e. The van der Waals surface area contributed by atoms with Crippen LogP contribution in [0.1, 0.15) is 12.1 Å². The normalized spacial score (nSPS) is 10.1. The van der Waals surface area contributed by atoms with E-state index in [0.717, 1.165) is 17.9 Å². The van der Waals surface area contributed by atoms with Crippen LogP contribution in [0.2, 0.25) is 5.15 Å². The Labute approximate surface area is 82.9 Å². The molecule has 4 heteroatoms. The summed E-state index contributed by atoms with van der Waals surface area (Å²) in [6, 6.07) is 3.55. The van der Waals surface area contributed by atoms with Gasteiger partial charge in [-0.1, -0.05) is 11.6 Å². The van der Waals surface area contributed by atoms with Gasteiger partial charge in [0, 0.05) is 17.8 Å². The average molecular weight is 201 g/mol. The van der Waals surface area contributed by atoms with Gasteiger partial charge in [-0.2, -0.15) is 0 Å². The minimum absolute atomic E-state index is 0.461. The van der Waals surface area contributed by atoms with Crippen molar-refractivity contribution in [3.63, 3.8) is 0 Å². The Hall–Kier alpha value is -0.800. The molecule has 0 spiro atoms. The predicted molar refractivity (Wildman–Crippen MR) is 53.2 cm³/mol. The van der Waals surface area contributed by atoms with Gasteiger partial charge >= 0.3 is 0 Å². The van der Waals surface area contributed by atoms with E-state index in [0.29, 0.717) is 18.3 Å². The van der Waals surface area contributed by atoms with Crippen molar-refractivity contribution in [2.75, 3.05) is 13.2 Å². The average Bonchev–Trinajstić information content (AvgIpc) is 2.03. The first-order valence-corrected chi connectivity index (χ1v) is 4.57. The molecule has 0 radical (unpaired) electrons. The highest BCUT2D eigenvalue weighted by molar-refractivity contribution is 6.29. The van der Waals surface area contributed by atoms with Crippen LogP contribution in [-0.2, 0) is 0 Å². The molecule has 0 saturated carbocycles. The second-order valence-corrected chi connectivity index (χ2v) is 3.14. The molecule has 0 atom stereocenters. The lowest BCUT2D eigenvalue weighted by Crippen LogP contribution is -2.06. The van der Waals surface area contributed by atoms with Gasteiger partial charge in [0.2, 0.25) is 0 Å². The zero-order valence-corrected chi connectivity index (χ0v) is 8.34. The fourth-order valence-corrected chi connectivity index (χ4v) is 1.20. The van der Waals surface area contributed by atoms with Gasteiger partial charge in [0.05, 0.1) is 6.61 Å². The van der Waals surface area contributed by atoms with Gasteiger partial charge in [0.15, 0.2) is 0 Å². The van der Waals surface area contributed by atoms with Crippen LogP contribution in [0.15, 0.2) is 12.1 Å². The highest BCUT2D eigenvalue weighted by Gasteiger charge is 1.98. The van der Waals surface area contributed by atoms with E-state index in [-0.39, 0.29) is 0 Å². The van der Waals surface area contributed by atoms with Crippen LogP contribution >= 0.6 is 11.6 Å². The first-order valence-electron chi connectivity index (χ1n) is 4.19. The Morgan fingerprint density at radius 2 is 2.31 bits per heavy atom. The summed E-state index contributed by atoms with van der Waals surface area (Å²) in [6.07, 6.45) is 0.846. The molecule has 1 aromatic heterocycles. The molecular formula is C9H13ClN2O. The molecular weight excluding hydrogens is 188 g/mol. The lowest BCUT2D eigenvalue weighted by Gasteiger charge is -2.05. The zero-order chi connectivity index (χ0) is 9.68. The third kappa shape index (κ3) is 3.61. The van der Waals surface area contributed by atoms with Crippen LogP contribution in [-0.4, -0.2) is 18.1 Å². The van der Waals surface area contributed by atoms with Crippen molar-refractivity contribution in [2.45, 2.75) is 13.3 Å². The molecule has 72 valence electrons. The molecule has 0 aromatic carbocycles. The number of rotatable bonds is 4. The Kier molecular flexibility index (Phi) is 3.99. The Morgan fingerprint density at radius 1 is 1.54 bits per heavy atom. The summed E-state index contributed by atoms with van der Waals surface area (Å²) in [5.41, 5.74) is 6.19. The monoisotopic (exact) mass is 200 g/mol. The van der Waals surface area contributed by atoms with Crippen molar-refractivity contribution in [1.29, 1.82) is 0 Å². The maximum atomic E-state index is 5.75. The first-order chi connectivity index (χ1) is 6.22. The van der Waals surface area contributed by atoms with Crippen molar-refractivity contribution in [3.05, 3.63) is 23.0 Å². The van der Waals surface area contributed by atoms with Gasteiger partial charge in [0.25, 0.3) is 0 Å². The zero-order valence-electron chi connectivity index (χ0n) is 7.59.